The minimum absolute atomic E-state index is 0. The second-order valence-corrected chi connectivity index (χ2v) is 3.00. The Morgan fingerprint density at radius 2 is 1.93 bits per heavy atom. The molecule has 0 spiro atoms. The lowest BCUT2D eigenvalue weighted by Crippen LogP contribution is -1.78. The van der Waals surface area contributed by atoms with Crippen LogP contribution >= 0.6 is 0 Å². The molecule has 1 aromatic carbocycles. The smallest absolute Gasteiger partial charge is 0.247 e. The summed E-state index contributed by atoms with van der Waals surface area (Å²) in [6.07, 6.45) is 0. The van der Waals surface area contributed by atoms with Crippen LogP contribution in [0.15, 0.2) is 28.7 Å². The van der Waals surface area contributed by atoms with Gasteiger partial charge < -0.3 is 4.42 Å². The first-order valence-corrected chi connectivity index (χ1v) is 4.13. The van der Waals surface area contributed by atoms with Crippen molar-refractivity contribution in [1.82, 2.24) is 10.2 Å². The van der Waals surface area contributed by atoms with Crippen LogP contribution in [0, 0.1) is 13.8 Å². The van der Waals surface area contributed by atoms with Gasteiger partial charge in [-0.05, 0) is 19.1 Å². The van der Waals surface area contributed by atoms with Crippen LogP contribution in [0.2, 0.25) is 0 Å². The van der Waals surface area contributed by atoms with Gasteiger partial charge in [-0.2, -0.15) is 0 Å². The van der Waals surface area contributed by atoms with Gasteiger partial charge in [-0.15, -0.1) is 10.2 Å². The van der Waals surface area contributed by atoms with E-state index in [4.69, 9.17) is 4.42 Å². The van der Waals surface area contributed by atoms with Crippen LogP contribution in [-0.2, 0) is 0 Å². The van der Waals surface area contributed by atoms with Crippen molar-refractivity contribution in [1.29, 1.82) is 0 Å². The van der Waals surface area contributed by atoms with Crippen molar-refractivity contribution in [2.24, 2.45) is 0 Å². The predicted molar refractivity (Wildman–Crippen MR) is 55.9 cm³/mol. The van der Waals surface area contributed by atoms with Crippen LogP contribution in [0.25, 0.3) is 11.5 Å². The number of hydrogen-bond donors (Lipinski definition) is 0. The average Bonchev–Trinajstić information content (AvgIpc) is 2.52. The van der Waals surface area contributed by atoms with E-state index in [1.165, 1.54) is 5.56 Å². The Morgan fingerprint density at radius 1 is 1.14 bits per heavy atom. The predicted octanol–water partition coefficient (Wildman–Crippen LogP) is 2.99. The third-order valence-corrected chi connectivity index (χ3v) is 1.79. The van der Waals surface area contributed by atoms with Crippen LogP contribution in [0.5, 0.6) is 0 Å². The molecule has 0 saturated carbocycles. The highest BCUT2D eigenvalue weighted by Crippen LogP contribution is 2.18. The second-order valence-electron chi connectivity index (χ2n) is 3.00. The van der Waals surface area contributed by atoms with E-state index < -0.39 is 0 Å². The lowest BCUT2D eigenvalue weighted by Gasteiger charge is -1.95. The number of hydrogen-bond acceptors (Lipinski definition) is 3. The number of rotatable bonds is 1. The molecule has 0 aliphatic rings. The summed E-state index contributed by atoms with van der Waals surface area (Å²) >= 11 is 0. The van der Waals surface area contributed by atoms with Crippen molar-refractivity contribution in [3.05, 3.63) is 35.7 Å². The zero-order valence-corrected chi connectivity index (χ0v) is 7.61. The minimum atomic E-state index is 0. The van der Waals surface area contributed by atoms with Gasteiger partial charge in [-0.1, -0.05) is 25.1 Å². The summed E-state index contributed by atoms with van der Waals surface area (Å²) in [7, 11) is 0. The van der Waals surface area contributed by atoms with Gasteiger partial charge in [0.25, 0.3) is 0 Å². The molecule has 0 amide bonds. The Balaban J connectivity index is 0.000000980. The van der Waals surface area contributed by atoms with Crippen LogP contribution in [0.4, 0.5) is 0 Å². The molecule has 1 heterocycles. The third-order valence-electron chi connectivity index (χ3n) is 1.79. The summed E-state index contributed by atoms with van der Waals surface area (Å²) in [4.78, 5) is 0. The molecule has 14 heavy (non-hydrogen) atoms. The molecule has 0 unspecified atom stereocenters. The minimum Gasteiger partial charge on any atom is -0.421 e. The standard InChI is InChI=1S/C10H10N2O.CH4/c1-7-4-3-5-9(6-7)10-12-11-8(2)13-10;/h3-6H,1-2H3;1H4. The highest BCUT2D eigenvalue weighted by molar-refractivity contribution is 5.53. The normalized spacial score (nSPS) is 9.57. The Morgan fingerprint density at radius 3 is 2.50 bits per heavy atom. The summed E-state index contributed by atoms with van der Waals surface area (Å²) in [6, 6.07) is 7.99. The lowest BCUT2D eigenvalue weighted by atomic mass is 10.1. The topological polar surface area (TPSA) is 38.9 Å². The zero-order valence-electron chi connectivity index (χ0n) is 7.61. The molecule has 0 bridgehead atoms. The average molecular weight is 190 g/mol. The highest BCUT2D eigenvalue weighted by Gasteiger charge is 2.04. The van der Waals surface area contributed by atoms with Gasteiger partial charge in [-0.3, -0.25) is 0 Å². The molecule has 3 nitrogen and oxygen atoms in total. The van der Waals surface area contributed by atoms with E-state index in [-0.39, 0.29) is 7.43 Å². The Kier molecular flexibility index (Phi) is 3.02. The number of aromatic nitrogens is 2. The monoisotopic (exact) mass is 190 g/mol. The van der Waals surface area contributed by atoms with Crippen molar-refractivity contribution in [3.8, 4) is 11.5 Å². The van der Waals surface area contributed by atoms with E-state index in [0.29, 0.717) is 11.8 Å². The van der Waals surface area contributed by atoms with Crippen molar-refractivity contribution in [2.75, 3.05) is 0 Å². The maximum Gasteiger partial charge on any atom is 0.247 e. The van der Waals surface area contributed by atoms with Gasteiger partial charge in [0.2, 0.25) is 11.8 Å². The maximum atomic E-state index is 5.30. The fourth-order valence-corrected chi connectivity index (χ4v) is 1.19. The Bertz CT molecular complexity index is 421. The van der Waals surface area contributed by atoms with Crippen LogP contribution in [0.1, 0.15) is 18.9 Å². The second kappa shape index (κ2) is 4.05. The molecule has 2 rings (SSSR count). The van der Waals surface area contributed by atoms with E-state index in [1.54, 1.807) is 6.92 Å². The number of aryl methyl sites for hydroxylation is 2. The summed E-state index contributed by atoms with van der Waals surface area (Å²) in [5, 5.41) is 7.72. The third kappa shape index (κ3) is 1.99. The first-order chi connectivity index (χ1) is 6.25. The van der Waals surface area contributed by atoms with E-state index in [9.17, 15) is 0 Å². The Labute approximate surface area is 83.8 Å². The molecule has 3 heteroatoms. The highest BCUT2D eigenvalue weighted by atomic mass is 16.4. The van der Waals surface area contributed by atoms with Crippen molar-refractivity contribution >= 4 is 0 Å². The molecule has 0 fully saturated rings. The van der Waals surface area contributed by atoms with Crippen LogP contribution in [-0.4, -0.2) is 10.2 Å². The summed E-state index contributed by atoms with van der Waals surface area (Å²) < 4.78 is 5.30. The van der Waals surface area contributed by atoms with Crippen LogP contribution in [0.3, 0.4) is 0 Å². The van der Waals surface area contributed by atoms with E-state index in [0.717, 1.165) is 5.56 Å². The van der Waals surface area contributed by atoms with Crippen molar-refractivity contribution in [3.63, 3.8) is 0 Å². The van der Waals surface area contributed by atoms with E-state index in [1.807, 2.05) is 31.2 Å². The molecule has 0 radical (unpaired) electrons. The van der Waals surface area contributed by atoms with E-state index >= 15 is 0 Å². The van der Waals surface area contributed by atoms with Crippen molar-refractivity contribution in [2.45, 2.75) is 21.3 Å². The first-order valence-electron chi connectivity index (χ1n) is 4.13. The molecule has 0 atom stereocenters. The van der Waals surface area contributed by atoms with Gasteiger partial charge in [0, 0.05) is 12.5 Å². The molecule has 0 aliphatic heterocycles. The molecular formula is C11H14N2O. The fraction of sp³-hybridized carbons (Fsp3) is 0.273. The molecular weight excluding hydrogens is 176 g/mol. The quantitative estimate of drug-likeness (QED) is 0.693. The lowest BCUT2D eigenvalue weighted by molar-refractivity contribution is 0.532. The van der Waals surface area contributed by atoms with Gasteiger partial charge in [0.15, 0.2) is 0 Å². The SMILES string of the molecule is C.Cc1cccc(-c2nnc(C)o2)c1. The summed E-state index contributed by atoms with van der Waals surface area (Å²) in [6.45, 7) is 3.82. The van der Waals surface area contributed by atoms with Crippen molar-refractivity contribution < 1.29 is 4.42 Å². The van der Waals surface area contributed by atoms with E-state index in [2.05, 4.69) is 10.2 Å². The van der Waals surface area contributed by atoms with Gasteiger partial charge in [-0.25, -0.2) is 0 Å². The van der Waals surface area contributed by atoms with Gasteiger partial charge in [0.1, 0.15) is 0 Å². The Hall–Kier alpha value is -1.64. The first kappa shape index (κ1) is 10.4. The summed E-state index contributed by atoms with van der Waals surface area (Å²) in [5.41, 5.74) is 2.16. The van der Waals surface area contributed by atoms with Gasteiger partial charge >= 0.3 is 0 Å². The molecule has 0 aliphatic carbocycles. The fourth-order valence-electron chi connectivity index (χ4n) is 1.19. The summed E-state index contributed by atoms with van der Waals surface area (Å²) in [5.74, 6) is 1.18. The molecule has 2 aromatic rings. The zero-order chi connectivity index (χ0) is 9.26. The number of nitrogens with zero attached hydrogens (tertiary/aromatic N) is 2. The molecule has 1 aromatic heterocycles. The largest absolute Gasteiger partial charge is 0.421 e. The van der Waals surface area contributed by atoms with Gasteiger partial charge in [0.05, 0.1) is 0 Å². The number of benzene rings is 1. The molecule has 0 saturated heterocycles. The maximum absolute atomic E-state index is 5.30. The molecule has 74 valence electrons. The molecule has 0 N–H and O–H groups in total. The van der Waals surface area contributed by atoms with Crippen LogP contribution < -0.4 is 0 Å².